The monoisotopic (exact) mass is 833 g/mol. The minimum atomic E-state index is -0.983. The normalized spacial score (nSPS) is 20.7. The molecular formula is C45H58BN8O7. The van der Waals surface area contributed by atoms with E-state index in [0.717, 1.165) is 84.6 Å². The molecule has 15 nitrogen and oxygen atoms in total. The van der Waals surface area contributed by atoms with Gasteiger partial charge < -0.3 is 35.8 Å². The Morgan fingerprint density at radius 3 is 1.62 bits per heavy atom. The number of carboxylic acids is 1. The third kappa shape index (κ3) is 12.1. The van der Waals surface area contributed by atoms with E-state index in [4.69, 9.17) is 25.4 Å². The molecule has 1 amide bonds. The number of aliphatic hydroxyl groups is 2. The average molecular weight is 834 g/mol. The molecule has 16 heteroatoms. The Hall–Kier alpha value is -6.00. The van der Waals surface area contributed by atoms with Gasteiger partial charge in [0.05, 0.1) is 59.9 Å². The van der Waals surface area contributed by atoms with Crippen LogP contribution < -0.4 is 20.5 Å². The van der Waals surface area contributed by atoms with Gasteiger partial charge in [0.2, 0.25) is 0 Å². The molecule has 4 heterocycles. The van der Waals surface area contributed by atoms with Crippen molar-refractivity contribution in [3.8, 4) is 11.5 Å². The van der Waals surface area contributed by atoms with Gasteiger partial charge in [0.1, 0.15) is 22.9 Å². The summed E-state index contributed by atoms with van der Waals surface area (Å²) in [6, 6.07) is 18.4. The number of carbonyl (C=O) groups is 2. The maximum Gasteiger partial charge on any atom is 0.354 e. The number of hydrogen-bond acceptors (Lipinski definition) is 11. The number of amides is 1. The highest BCUT2D eigenvalue weighted by Gasteiger charge is 2.31. The van der Waals surface area contributed by atoms with Gasteiger partial charge in [-0.15, -0.1) is 0 Å². The first kappa shape index (κ1) is 47.7. The molecule has 0 spiro atoms. The summed E-state index contributed by atoms with van der Waals surface area (Å²) in [4.78, 5) is 30.9. The summed E-state index contributed by atoms with van der Waals surface area (Å²) in [5.41, 5.74) is 9.72. The molecule has 0 unspecified atom stereocenters. The highest BCUT2D eigenvalue weighted by atomic mass is 16.5. The summed E-state index contributed by atoms with van der Waals surface area (Å²) in [5.74, 6) is -0.0541. The van der Waals surface area contributed by atoms with Crippen molar-refractivity contribution in [2.24, 2.45) is 0 Å². The van der Waals surface area contributed by atoms with E-state index < -0.39 is 17.2 Å². The molecule has 2 aromatic carbocycles. The zero-order valence-corrected chi connectivity index (χ0v) is 35.1. The van der Waals surface area contributed by atoms with Gasteiger partial charge in [0, 0.05) is 55.1 Å². The number of aromatic carboxylic acids is 1. The number of nitrogens with one attached hydrogen (secondary N) is 1. The lowest BCUT2D eigenvalue weighted by molar-refractivity contribution is 0.00818. The van der Waals surface area contributed by atoms with Crippen LogP contribution in [-0.4, -0.2) is 90.6 Å². The van der Waals surface area contributed by atoms with Crippen molar-refractivity contribution in [3.05, 3.63) is 95.8 Å². The topological polar surface area (TPSA) is 213 Å². The van der Waals surface area contributed by atoms with Crippen molar-refractivity contribution >= 4 is 53.5 Å². The highest BCUT2D eigenvalue weighted by Crippen LogP contribution is 2.38. The van der Waals surface area contributed by atoms with Gasteiger partial charge in [-0.2, -0.15) is 10.2 Å². The molecule has 8 rings (SSSR count). The largest absolute Gasteiger partial charge is 0.495 e. The Morgan fingerprint density at radius 1 is 0.738 bits per heavy atom. The van der Waals surface area contributed by atoms with Crippen LogP contribution in [0.5, 0.6) is 11.5 Å². The van der Waals surface area contributed by atoms with Gasteiger partial charge in [-0.3, -0.25) is 14.2 Å². The molecule has 61 heavy (non-hydrogen) atoms. The van der Waals surface area contributed by atoms with Crippen LogP contribution in [-0.2, 0) is 0 Å². The summed E-state index contributed by atoms with van der Waals surface area (Å²) in [6.45, 7) is 7.41. The van der Waals surface area contributed by atoms with Crippen LogP contribution in [0.25, 0.3) is 21.8 Å². The second kappa shape index (κ2) is 20.0. The molecule has 2 saturated carbocycles. The summed E-state index contributed by atoms with van der Waals surface area (Å²) in [6.07, 6.45) is 10.9. The first-order chi connectivity index (χ1) is 28.0. The number of benzene rings is 2. The number of nitrogen functional groups attached to an aromatic ring is 1. The quantitative estimate of drug-likeness (QED) is 0.0773. The van der Waals surface area contributed by atoms with E-state index in [1.54, 1.807) is 39.3 Å². The van der Waals surface area contributed by atoms with E-state index >= 15 is 0 Å². The smallest absolute Gasteiger partial charge is 0.354 e. The first-order valence-electron chi connectivity index (χ1n) is 19.8. The molecule has 6 N–H and O–H groups in total. The predicted octanol–water partition coefficient (Wildman–Crippen LogP) is 7.70. The van der Waals surface area contributed by atoms with Crippen molar-refractivity contribution in [2.75, 3.05) is 25.3 Å². The SMILES string of the molecule is C.COc1cc2nn(C3CCC(C)(O)CC3)cc2cc1N.COc1cc2nn(C3CCC(C)(O)CC3)cc2cc1NC(=O)c1cccc(C)n1.Cc1cccc(C(=O)O)n1.[B]. The number of nitrogens with zero attached hydrogens (tertiary/aromatic N) is 6. The molecule has 3 radical (unpaired) electrons. The number of methoxy groups -OCH3 is 2. The van der Waals surface area contributed by atoms with Crippen LogP contribution in [0.4, 0.5) is 11.4 Å². The van der Waals surface area contributed by atoms with Crippen LogP contribution in [0.3, 0.4) is 0 Å². The maximum atomic E-state index is 12.6. The third-order valence-corrected chi connectivity index (χ3v) is 11.0. The van der Waals surface area contributed by atoms with E-state index in [1.807, 2.05) is 78.9 Å². The minimum Gasteiger partial charge on any atom is -0.495 e. The average Bonchev–Trinajstić information content (AvgIpc) is 3.81. The molecule has 323 valence electrons. The number of pyridine rings is 2. The third-order valence-electron chi connectivity index (χ3n) is 11.0. The van der Waals surface area contributed by atoms with Gasteiger partial charge in [-0.1, -0.05) is 19.6 Å². The molecule has 4 aromatic heterocycles. The number of aryl methyl sites for hydroxylation is 2. The summed E-state index contributed by atoms with van der Waals surface area (Å²) >= 11 is 0. The van der Waals surface area contributed by atoms with E-state index in [9.17, 15) is 19.8 Å². The fourth-order valence-electron chi connectivity index (χ4n) is 7.47. The maximum absolute atomic E-state index is 12.6. The molecule has 0 bridgehead atoms. The fourth-order valence-corrected chi connectivity index (χ4v) is 7.47. The van der Waals surface area contributed by atoms with Crippen molar-refractivity contribution < 1.29 is 34.4 Å². The lowest BCUT2D eigenvalue weighted by Gasteiger charge is -2.33. The second-order valence-corrected chi connectivity index (χ2v) is 16.0. The number of fused-ring (bicyclic) bond motifs is 2. The minimum absolute atomic E-state index is 0. The van der Waals surface area contributed by atoms with Crippen LogP contribution in [0.2, 0.25) is 0 Å². The number of aromatic nitrogens is 6. The van der Waals surface area contributed by atoms with E-state index in [0.29, 0.717) is 34.6 Å². The van der Waals surface area contributed by atoms with E-state index in [-0.39, 0.29) is 33.5 Å². The number of ether oxygens (including phenoxy) is 2. The van der Waals surface area contributed by atoms with E-state index in [2.05, 4.69) is 20.4 Å². The van der Waals surface area contributed by atoms with Gasteiger partial charge in [0.25, 0.3) is 5.91 Å². The molecule has 6 aromatic rings. The van der Waals surface area contributed by atoms with Crippen LogP contribution in [0.1, 0.15) is 117 Å². The van der Waals surface area contributed by atoms with Crippen molar-refractivity contribution in [1.29, 1.82) is 0 Å². The van der Waals surface area contributed by atoms with Crippen LogP contribution >= 0.6 is 0 Å². The van der Waals surface area contributed by atoms with Crippen molar-refractivity contribution in [2.45, 2.75) is 110 Å². The van der Waals surface area contributed by atoms with Crippen molar-refractivity contribution in [1.82, 2.24) is 29.5 Å². The zero-order chi connectivity index (χ0) is 42.5. The molecule has 2 fully saturated rings. The lowest BCUT2D eigenvalue weighted by Crippen LogP contribution is -2.31. The number of nitrogens with two attached hydrogens (primary N) is 1. The number of rotatable bonds is 7. The lowest BCUT2D eigenvalue weighted by atomic mass is 9.84. The predicted molar refractivity (Wildman–Crippen MR) is 239 cm³/mol. The number of carbonyl (C=O) groups excluding carboxylic acids is 1. The summed E-state index contributed by atoms with van der Waals surface area (Å²) in [5, 5.41) is 42.9. The van der Waals surface area contributed by atoms with Gasteiger partial charge in [-0.25, -0.2) is 14.8 Å². The summed E-state index contributed by atoms with van der Waals surface area (Å²) < 4.78 is 14.7. The van der Waals surface area contributed by atoms with Crippen molar-refractivity contribution in [3.63, 3.8) is 0 Å². The number of hydrogen-bond donors (Lipinski definition) is 5. The van der Waals surface area contributed by atoms with Gasteiger partial charge in [0.15, 0.2) is 0 Å². The molecule has 2 aliphatic carbocycles. The standard InChI is InChI=1S/C22H26N4O3.C15H21N3O2.C7H7NO2.CH4.B/c1-14-5-4-6-17(23-14)21(27)24-19-11-15-13-26(25-18(15)12-20(19)29-3)16-7-9-22(2,28)10-8-16;1-15(19)5-3-11(4-6-15)18-9-10-7-12(16)14(20-2)8-13(10)17-18;1-5-3-2-4-6(8-5)7(9)10;;/h4-6,11-13,16,28H,7-10H2,1-3H3,(H,24,27);7-9,11,19H,3-6,16H2,1-2H3;2-4H,1H3,(H,9,10);1H4;. The Kier molecular flexibility index (Phi) is 15.7. The van der Waals surface area contributed by atoms with Crippen LogP contribution in [0.15, 0.2) is 73.1 Å². The molecule has 0 aliphatic heterocycles. The summed E-state index contributed by atoms with van der Waals surface area (Å²) in [7, 11) is 3.18. The Bertz CT molecular complexity index is 2430. The first-order valence-corrected chi connectivity index (χ1v) is 19.8. The van der Waals surface area contributed by atoms with Crippen LogP contribution in [0, 0.1) is 13.8 Å². The Labute approximate surface area is 358 Å². The Balaban J connectivity index is 0.000000222. The highest BCUT2D eigenvalue weighted by molar-refractivity contribution is 6.05. The number of anilines is 2. The molecular weight excluding hydrogens is 775 g/mol. The Morgan fingerprint density at radius 2 is 1.18 bits per heavy atom. The zero-order valence-electron chi connectivity index (χ0n) is 35.1. The van der Waals surface area contributed by atoms with Gasteiger partial charge >= 0.3 is 5.97 Å². The fraction of sp³-hybridized carbons (Fsp3) is 0.422. The molecule has 0 saturated heterocycles. The number of carboxylic acid groups (broad SMARTS) is 1. The molecule has 2 aliphatic rings. The van der Waals surface area contributed by atoms with Gasteiger partial charge in [-0.05, 0) is 115 Å². The van der Waals surface area contributed by atoms with E-state index in [1.165, 1.54) is 6.07 Å². The molecule has 0 atom stereocenters. The second-order valence-electron chi connectivity index (χ2n) is 16.0.